The van der Waals surface area contributed by atoms with E-state index in [4.69, 9.17) is 5.73 Å². The summed E-state index contributed by atoms with van der Waals surface area (Å²) in [6.07, 6.45) is 11.2. The summed E-state index contributed by atoms with van der Waals surface area (Å²) in [5.74, 6) is 2.13. The molecule has 1 aromatic heterocycles. The molecule has 154 valence electrons. The molecular weight excluding hydrogens is 346 g/mol. The molecule has 28 heavy (non-hydrogen) atoms. The van der Waals surface area contributed by atoms with Crippen LogP contribution < -0.4 is 5.73 Å². The van der Waals surface area contributed by atoms with Crippen molar-refractivity contribution in [1.29, 1.82) is 0 Å². The number of phenols is 1. The van der Waals surface area contributed by atoms with Gasteiger partial charge < -0.3 is 20.3 Å². The molecule has 2 aromatic rings. The Hall–Kier alpha value is -1.52. The SMILES string of the molecule is CC(C)[C@H]1CC[C@@H](N2CCC(n3cc(CCN)c4cc(O)ccc43)CC2)CC1. The molecule has 0 amide bonds. The fraction of sp³-hybridized carbons (Fsp3) is 0.667. The number of phenolic OH excluding ortho intramolecular Hbond substituents is 1. The van der Waals surface area contributed by atoms with E-state index in [2.05, 4.69) is 35.6 Å². The molecule has 1 aliphatic heterocycles. The first-order chi connectivity index (χ1) is 13.6. The molecule has 1 saturated heterocycles. The number of nitrogens with zero attached hydrogens (tertiary/aromatic N) is 2. The molecule has 4 nitrogen and oxygen atoms in total. The van der Waals surface area contributed by atoms with Crippen molar-refractivity contribution in [1.82, 2.24) is 9.47 Å². The van der Waals surface area contributed by atoms with Gasteiger partial charge in [-0.1, -0.05) is 13.8 Å². The third-order valence-corrected chi connectivity index (χ3v) is 7.41. The minimum atomic E-state index is 0.343. The van der Waals surface area contributed by atoms with Crippen molar-refractivity contribution in [3.63, 3.8) is 0 Å². The van der Waals surface area contributed by atoms with Crippen molar-refractivity contribution in [2.45, 2.75) is 70.9 Å². The third-order valence-electron chi connectivity index (χ3n) is 7.41. The molecule has 2 aliphatic rings. The summed E-state index contributed by atoms with van der Waals surface area (Å²) in [5.41, 5.74) is 8.34. The van der Waals surface area contributed by atoms with Gasteiger partial charge in [-0.25, -0.2) is 0 Å². The van der Waals surface area contributed by atoms with Gasteiger partial charge in [0, 0.05) is 42.3 Å². The summed E-state index contributed by atoms with van der Waals surface area (Å²) in [6, 6.07) is 7.15. The van der Waals surface area contributed by atoms with Crippen LogP contribution in [0.5, 0.6) is 5.75 Å². The average Bonchev–Trinajstić information content (AvgIpc) is 3.06. The van der Waals surface area contributed by atoms with E-state index in [1.165, 1.54) is 68.1 Å². The van der Waals surface area contributed by atoms with Crippen molar-refractivity contribution in [2.75, 3.05) is 19.6 Å². The summed E-state index contributed by atoms with van der Waals surface area (Å²) < 4.78 is 2.47. The van der Waals surface area contributed by atoms with Crippen LogP contribution in [0.3, 0.4) is 0 Å². The summed E-state index contributed by atoms with van der Waals surface area (Å²) in [6.45, 7) is 7.84. The van der Waals surface area contributed by atoms with Crippen LogP contribution in [0.1, 0.15) is 64.0 Å². The van der Waals surface area contributed by atoms with Crippen LogP contribution in [-0.2, 0) is 6.42 Å². The van der Waals surface area contributed by atoms with Gasteiger partial charge in [-0.15, -0.1) is 0 Å². The Balaban J connectivity index is 1.43. The second kappa shape index (κ2) is 8.46. The van der Waals surface area contributed by atoms with E-state index < -0.39 is 0 Å². The van der Waals surface area contributed by atoms with Gasteiger partial charge in [-0.2, -0.15) is 0 Å². The molecule has 1 aromatic carbocycles. The molecule has 0 spiro atoms. The zero-order chi connectivity index (χ0) is 19.7. The Morgan fingerprint density at radius 3 is 2.39 bits per heavy atom. The highest BCUT2D eigenvalue weighted by molar-refractivity contribution is 5.85. The van der Waals surface area contributed by atoms with E-state index in [0.29, 0.717) is 18.3 Å². The van der Waals surface area contributed by atoms with Gasteiger partial charge in [0.15, 0.2) is 0 Å². The Kier molecular flexibility index (Phi) is 5.98. The van der Waals surface area contributed by atoms with E-state index in [-0.39, 0.29) is 0 Å². The number of hydrogen-bond acceptors (Lipinski definition) is 3. The lowest BCUT2D eigenvalue weighted by atomic mass is 9.79. The molecule has 0 atom stereocenters. The summed E-state index contributed by atoms with van der Waals surface area (Å²) in [4.78, 5) is 2.77. The van der Waals surface area contributed by atoms with E-state index >= 15 is 0 Å². The molecule has 2 heterocycles. The van der Waals surface area contributed by atoms with Gasteiger partial charge in [0.25, 0.3) is 0 Å². The average molecular weight is 384 g/mol. The van der Waals surface area contributed by atoms with Gasteiger partial charge in [-0.05, 0) is 87.1 Å². The highest BCUT2D eigenvalue weighted by Gasteiger charge is 2.30. The Bertz CT molecular complexity index is 780. The van der Waals surface area contributed by atoms with E-state index in [1.807, 2.05) is 12.1 Å². The number of hydrogen-bond donors (Lipinski definition) is 2. The summed E-state index contributed by atoms with van der Waals surface area (Å²) >= 11 is 0. The first kappa shape index (κ1) is 19.8. The first-order valence-corrected chi connectivity index (χ1v) is 11.3. The number of rotatable bonds is 5. The Labute approximate surface area is 169 Å². The lowest BCUT2D eigenvalue weighted by Crippen LogP contribution is -2.43. The van der Waals surface area contributed by atoms with Gasteiger partial charge in [0.2, 0.25) is 0 Å². The van der Waals surface area contributed by atoms with E-state index in [1.54, 1.807) is 0 Å². The van der Waals surface area contributed by atoms with Crippen molar-refractivity contribution in [2.24, 2.45) is 17.6 Å². The number of benzene rings is 1. The maximum Gasteiger partial charge on any atom is 0.116 e. The van der Waals surface area contributed by atoms with Crippen molar-refractivity contribution >= 4 is 10.9 Å². The second-order valence-electron chi connectivity index (χ2n) is 9.38. The maximum atomic E-state index is 9.93. The fourth-order valence-corrected chi connectivity index (χ4v) is 5.63. The van der Waals surface area contributed by atoms with Crippen LogP contribution in [0.2, 0.25) is 0 Å². The van der Waals surface area contributed by atoms with Crippen molar-refractivity contribution in [3.8, 4) is 5.75 Å². The number of fused-ring (bicyclic) bond motifs is 1. The molecule has 0 unspecified atom stereocenters. The lowest BCUT2D eigenvalue weighted by Gasteiger charge is -2.42. The van der Waals surface area contributed by atoms with Crippen molar-refractivity contribution < 1.29 is 5.11 Å². The predicted octanol–water partition coefficient (Wildman–Crippen LogP) is 4.70. The standard InChI is InChI=1S/C24H37N3O/c1-17(2)18-3-5-20(6-4-18)26-13-10-21(11-14-26)27-16-19(9-12-25)23-15-22(28)7-8-24(23)27/h7-8,15-18,20-21,28H,3-6,9-14,25H2,1-2H3/t18-,20+. The molecular formula is C24H37N3O. The topological polar surface area (TPSA) is 54.4 Å². The zero-order valence-corrected chi connectivity index (χ0v) is 17.6. The normalized spacial score (nSPS) is 25.0. The Morgan fingerprint density at radius 1 is 1.04 bits per heavy atom. The Morgan fingerprint density at radius 2 is 1.75 bits per heavy atom. The quantitative estimate of drug-likeness (QED) is 0.787. The number of piperidine rings is 1. The first-order valence-electron chi connectivity index (χ1n) is 11.3. The van der Waals surface area contributed by atoms with Gasteiger partial charge in [0.05, 0.1) is 0 Å². The molecule has 2 fully saturated rings. The number of likely N-dealkylation sites (tertiary alicyclic amines) is 1. The molecule has 0 bridgehead atoms. The minimum Gasteiger partial charge on any atom is -0.508 e. The molecule has 4 heteroatoms. The number of aromatic hydroxyl groups is 1. The van der Waals surface area contributed by atoms with E-state index in [9.17, 15) is 5.11 Å². The monoisotopic (exact) mass is 383 g/mol. The van der Waals surface area contributed by atoms with Crippen LogP contribution in [-0.4, -0.2) is 40.2 Å². The molecule has 4 rings (SSSR count). The highest BCUT2D eigenvalue weighted by atomic mass is 16.3. The van der Waals surface area contributed by atoms with Crippen LogP contribution in [0.4, 0.5) is 0 Å². The molecule has 1 aliphatic carbocycles. The minimum absolute atomic E-state index is 0.343. The largest absolute Gasteiger partial charge is 0.508 e. The number of nitrogens with two attached hydrogens (primary N) is 1. The van der Waals surface area contributed by atoms with Crippen LogP contribution in [0, 0.1) is 11.8 Å². The van der Waals surface area contributed by atoms with Crippen LogP contribution in [0.25, 0.3) is 10.9 Å². The second-order valence-corrected chi connectivity index (χ2v) is 9.38. The molecule has 0 radical (unpaired) electrons. The van der Waals surface area contributed by atoms with Gasteiger partial charge in [-0.3, -0.25) is 0 Å². The third kappa shape index (κ3) is 3.95. The molecule has 1 saturated carbocycles. The molecule has 3 N–H and O–H groups in total. The summed E-state index contributed by atoms with van der Waals surface area (Å²) in [7, 11) is 0. The van der Waals surface area contributed by atoms with Gasteiger partial charge >= 0.3 is 0 Å². The van der Waals surface area contributed by atoms with Gasteiger partial charge in [0.1, 0.15) is 5.75 Å². The van der Waals surface area contributed by atoms with Crippen molar-refractivity contribution in [3.05, 3.63) is 30.0 Å². The predicted molar refractivity (Wildman–Crippen MR) is 117 cm³/mol. The maximum absolute atomic E-state index is 9.93. The zero-order valence-electron chi connectivity index (χ0n) is 17.6. The van der Waals surface area contributed by atoms with E-state index in [0.717, 1.165) is 24.3 Å². The number of aromatic nitrogens is 1. The van der Waals surface area contributed by atoms with Crippen LogP contribution in [0.15, 0.2) is 24.4 Å². The highest BCUT2D eigenvalue weighted by Crippen LogP contribution is 2.36. The van der Waals surface area contributed by atoms with Crippen LogP contribution >= 0.6 is 0 Å². The fourth-order valence-electron chi connectivity index (χ4n) is 5.63. The lowest BCUT2D eigenvalue weighted by molar-refractivity contribution is 0.0894. The smallest absolute Gasteiger partial charge is 0.116 e. The summed E-state index contributed by atoms with van der Waals surface area (Å²) in [5, 5.41) is 11.1.